The summed E-state index contributed by atoms with van der Waals surface area (Å²) in [5.41, 5.74) is -0.460. The van der Waals surface area contributed by atoms with Gasteiger partial charge in [-0.3, -0.25) is 0 Å². The molecular formula is C18H27N3O4. The molecule has 1 saturated heterocycles. The number of amides is 1. The van der Waals surface area contributed by atoms with Crippen molar-refractivity contribution in [2.24, 2.45) is 0 Å². The fraction of sp³-hybridized carbons (Fsp3) is 0.667. The van der Waals surface area contributed by atoms with Crippen LogP contribution in [0.15, 0.2) is 16.5 Å². The maximum absolute atomic E-state index is 12.0. The Morgan fingerprint density at radius 1 is 1.40 bits per heavy atom. The number of rotatable bonds is 6. The molecule has 1 N–H and O–H groups in total. The molecule has 2 rings (SSSR count). The number of hydrogen-bond donors (Lipinski definition) is 1. The first kappa shape index (κ1) is 19.3. The van der Waals surface area contributed by atoms with Crippen molar-refractivity contribution in [3.8, 4) is 6.07 Å². The molecule has 138 valence electrons. The lowest BCUT2D eigenvalue weighted by atomic mass is 10.1. The van der Waals surface area contributed by atoms with Gasteiger partial charge in [0.2, 0.25) is 5.76 Å². The summed E-state index contributed by atoms with van der Waals surface area (Å²) in [6, 6.07) is 5.41. The van der Waals surface area contributed by atoms with Crippen molar-refractivity contribution in [1.82, 2.24) is 10.2 Å². The molecule has 0 bridgehead atoms. The Kier molecular flexibility index (Phi) is 6.85. The summed E-state index contributed by atoms with van der Waals surface area (Å²) < 4.78 is 16.5. The summed E-state index contributed by atoms with van der Waals surface area (Å²) in [5, 5.41) is 11.9. The minimum Gasteiger partial charge on any atom is -0.449 e. The molecule has 25 heavy (non-hydrogen) atoms. The van der Waals surface area contributed by atoms with Gasteiger partial charge in [-0.05, 0) is 45.7 Å². The highest BCUT2D eigenvalue weighted by atomic mass is 16.6. The molecule has 7 nitrogen and oxygen atoms in total. The quantitative estimate of drug-likeness (QED) is 0.795. The maximum Gasteiger partial charge on any atom is 0.410 e. The zero-order valence-corrected chi connectivity index (χ0v) is 15.2. The van der Waals surface area contributed by atoms with Gasteiger partial charge in [0.25, 0.3) is 0 Å². The topological polar surface area (TPSA) is 87.7 Å². The van der Waals surface area contributed by atoms with E-state index in [-0.39, 0.29) is 12.2 Å². The van der Waals surface area contributed by atoms with Crippen LogP contribution in [-0.2, 0) is 16.0 Å². The van der Waals surface area contributed by atoms with Crippen LogP contribution in [0.3, 0.4) is 0 Å². The average Bonchev–Trinajstić information content (AvgIpc) is 3.01. The van der Waals surface area contributed by atoms with Gasteiger partial charge in [0.05, 0.1) is 19.3 Å². The molecule has 1 aromatic rings. The van der Waals surface area contributed by atoms with Crippen LogP contribution in [-0.4, -0.2) is 48.9 Å². The number of carbonyl (C=O) groups is 1. The lowest BCUT2D eigenvalue weighted by Crippen LogP contribution is -2.43. The zero-order valence-electron chi connectivity index (χ0n) is 15.2. The Hall–Kier alpha value is -2.04. The Labute approximate surface area is 148 Å². The van der Waals surface area contributed by atoms with Gasteiger partial charge in [-0.15, -0.1) is 0 Å². The summed E-state index contributed by atoms with van der Waals surface area (Å²) >= 11 is 0. The highest BCUT2D eigenvalue weighted by Crippen LogP contribution is 2.17. The van der Waals surface area contributed by atoms with E-state index < -0.39 is 5.60 Å². The summed E-state index contributed by atoms with van der Waals surface area (Å²) in [6.07, 6.45) is 1.57. The predicted octanol–water partition coefficient (Wildman–Crippen LogP) is 2.66. The molecule has 0 aliphatic carbocycles. The summed E-state index contributed by atoms with van der Waals surface area (Å²) in [6.45, 7) is 8.82. The number of furan rings is 1. The number of hydrogen-bond acceptors (Lipinski definition) is 6. The molecule has 1 fully saturated rings. The molecule has 0 radical (unpaired) electrons. The summed E-state index contributed by atoms with van der Waals surface area (Å²) in [5.74, 6) is 1.06. The van der Waals surface area contributed by atoms with Crippen molar-refractivity contribution < 1.29 is 18.7 Å². The number of carbonyl (C=O) groups excluding carboxylic acids is 1. The van der Waals surface area contributed by atoms with Crippen molar-refractivity contribution in [2.45, 2.75) is 51.9 Å². The van der Waals surface area contributed by atoms with Crippen LogP contribution in [0.1, 0.15) is 45.1 Å². The van der Waals surface area contributed by atoms with E-state index in [1.54, 1.807) is 17.0 Å². The molecule has 1 aliphatic rings. The lowest BCUT2D eigenvalue weighted by Gasteiger charge is -2.33. The van der Waals surface area contributed by atoms with Crippen LogP contribution in [0.5, 0.6) is 0 Å². The minimum atomic E-state index is -0.460. The number of piperidine rings is 1. The SMILES string of the molecule is CC(C)(C)OC(=O)N1CCC(OCCNCc2ccc(C#N)o2)CC1. The first-order valence-corrected chi connectivity index (χ1v) is 8.66. The fourth-order valence-electron chi connectivity index (χ4n) is 2.57. The second-order valence-corrected chi connectivity index (χ2v) is 7.09. The molecule has 0 unspecified atom stereocenters. The minimum absolute atomic E-state index is 0.175. The normalized spacial score (nSPS) is 15.8. The van der Waals surface area contributed by atoms with E-state index in [1.807, 2.05) is 26.8 Å². The zero-order chi connectivity index (χ0) is 18.3. The van der Waals surface area contributed by atoms with Crippen LogP contribution in [0.2, 0.25) is 0 Å². The van der Waals surface area contributed by atoms with Crippen LogP contribution in [0.25, 0.3) is 0 Å². The molecule has 7 heteroatoms. The maximum atomic E-state index is 12.0. The van der Waals surface area contributed by atoms with E-state index in [2.05, 4.69) is 5.32 Å². The van der Waals surface area contributed by atoms with E-state index in [4.69, 9.17) is 19.2 Å². The molecule has 2 heterocycles. The number of nitrogens with one attached hydrogen (secondary N) is 1. The standard InChI is InChI=1S/C18H27N3O4/c1-18(2,3)25-17(22)21-9-6-14(7-10-21)23-11-8-20-13-16-5-4-15(12-19)24-16/h4-5,14,20H,6-11,13H2,1-3H3. The van der Waals surface area contributed by atoms with E-state index >= 15 is 0 Å². The van der Waals surface area contributed by atoms with Gasteiger partial charge >= 0.3 is 6.09 Å². The van der Waals surface area contributed by atoms with Gasteiger partial charge in [-0.2, -0.15) is 5.26 Å². The summed E-state index contributed by atoms with van der Waals surface area (Å²) in [4.78, 5) is 13.7. The van der Waals surface area contributed by atoms with Crippen LogP contribution in [0, 0.1) is 11.3 Å². The molecule has 0 spiro atoms. The Balaban J connectivity index is 1.56. The number of nitriles is 1. The van der Waals surface area contributed by atoms with Crippen molar-refractivity contribution in [3.05, 3.63) is 23.7 Å². The third kappa shape index (κ3) is 6.77. The predicted molar refractivity (Wildman–Crippen MR) is 91.9 cm³/mol. The Bertz CT molecular complexity index is 592. The van der Waals surface area contributed by atoms with Crippen LogP contribution < -0.4 is 5.32 Å². The van der Waals surface area contributed by atoms with Crippen molar-refractivity contribution in [1.29, 1.82) is 5.26 Å². The van der Waals surface area contributed by atoms with E-state index in [0.29, 0.717) is 38.5 Å². The van der Waals surface area contributed by atoms with Gasteiger partial charge in [0.15, 0.2) is 0 Å². The second kappa shape index (κ2) is 8.88. The first-order valence-electron chi connectivity index (χ1n) is 8.66. The molecular weight excluding hydrogens is 322 g/mol. The third-order valence-corrected chi connectivity index (χ3v) is 3.80. The second-order valence-electron chi connectivity index (χ2n) is 7.09. The largest absolute Gasteiger partial charge is 0.449 e. The van der Waals surface area contributed by atoms with Gasteiger partial charge in [0, 0.05) is 19.6 Å². The van der Waals surface area contributed by atoms with E-state index in [0.717, 1.165) is 18.6 Å². The van der Waals surface area contributed by atoms with Gasteiger partial charge in [0.1, 0.15) is 17.4 Å². The third-order valence-electron chi connectivity index (χ3n) is 3.80. The van der Waals surface area contributed by atoms with Crippen molar-refractivity contribution >= 4 is 6.09 Å². The summed E-state index contributed by atoms with van der Waals surface area (Å²) in [7, 11) is 0. The van der Waals surface area contributed by atoms with Crippen LogP contribution >= 0.6 is 0 Å². The Morgan fingerprint density at radius 2 is 2.12 bits per heavy atom. The van der Waals surface area contributed by atoms with Crippen LogP contribution in [0.4, 0.5) is 4.79 Å². The lowest BCUT2D eigenvalue weighted by molar-refractivity contribution is -0.0105. The number of ether oxygens (including phenoxy) is 2. The molecule has 0 saturated carbocycles. The van der Waals surface area contributed by atoms with Gasteiger partial charge in [-0.1, -0.05) is 0 Å². The number of likely N-dealkylation sites (tertiary alicyclic amines) is 1. The molecule has 1 aromatic heterocycles. The first-order chi connectivity index (χ1) is 11.9. The van der Waals surface area contributed by atoms with E-state index in [9.17, 15) is 4.79 Å². The highest BCUT2D eigenvalue weighted by Gasteiger charge is 2.26. The fourth-order valence-corrected chi connectivity index (χ4v) is 2.57. The monoisotopic (exact) mass is 349 g/mol. The Morgan fingerprint density at radius 3 is 2.72 bits per heavy atom. The smallest absolute Gasteiger partial charge is 0.410 e. The van der Waals surface area contributed by atoms with Crippen molar-refractivity contribution in [3.63, 3.8) is 0 Å². The molecule has 0 atom stereocenters. The molecule has 0 aromatic carbocycles. The molecule has 1 amide bonds. The van der Waals surface area contributed by atoms with Crippen molar-refractivity contribution in [2.75, 3.05) is 26.2 Å². The average molecular weight is 349 g/mol. The number of nitrogens with zero attached hydrogens (tertiary/aromatic N) is 2. The van der Waals surface area contributed by atoms with Gasteiger partial charge in [-0.25, -0.2) is 4.79 Å². The van der Waals surface area contributed by atoms with Gasteiger partial charge < -0.3 is 24.1 Å². The van der Waals surface area contributed by atoms with E-state index in [1.165, 1.54) is 0 Å². The highest BCUT2D eigenvalue weighted by molar-refractivity contribution is 5.68. The molecule has 1 aliphatic heterocycles.